The molecule has 9 nitrogen and oxygen atoms in total. The van der Waals surface area contributed by atoms with Crippen molar-refractivity contribution in [1.82, 2.24) is 0 Å². The number of hydrogen-bond donors (Lipinski definition) is 0. The van der Waals surface area contributed by atoms with Crippen molar-refractivity contribution in [1.29, 1.82) is 0 Å². The lowest BCUT2D eigenvalue weighted by molar-refractivity contribution is -0.384. The second-order valence-electron chi connectivity index (χ2n) is 7.59. The van der Waals surface area contributed by atoms with Crippen LogP contribution in [0.4, 0.5) is 15.8 Å². The van der Waals surface area contributed by atoms with Gasteiger partial charge in [0.25, 0.3) is 5.69 Å². The summed E-state index contributed by atoms with van der Waals surface area (Å²) in [6, 6.07) is 11.7. The second kappa shape index (κ2) is 12.3. The lowest BCUT2D eigenvalue weighted by Crippen LogP contribution is -2.00. The molecule has 3 aromatic rings. The molecule has 0 atom stereocenters. The van der Waals surface area contributed by atoms with Crippen molar-refractivity contribution < 1.29 is 33.1 Å². The highest BCUT2D eigenvalue weighted by Crippen LogP contribution is 2.39. The zero-order chi connectivity index (χ0) is 26.9. The van der Waals surface area contributed by atoms with Crippen LogP contribution < -0.4 is 18.9 Å². The van der Waals surface area contributed by atoms with Crippen LogP contribution in [0.15, 0.2) is 53.5 Å². The lowest BCUT2D eigenvalue weighted by atomic mass is 10.1. The number of aliphatic imine (C=N–C) groups is 1. The molecular formula is C27H25FN2O7. The molecule has 0 N–H and O–H groups in total. The van der Waals surface area contributed by atoms with E-state index in [1.54, 1.807) is 30.4 Å². The molecule has 0 unspecified atom stereocenters. The van der Waals surface area contributed by atoms with Gasteiger partial charge in [-0.15, -0.1) is 0 Å². The van der Waals surface area contributed by atoms with Crippen molar-refractivity contribution in [3.63, 3.8) is 0 Å². The number of carbonyl (C=O) groups excluding carboxylic acids is 1. The fourth-order valence-corrected chi connectivity index (χ4v) is 3.50. The summed E-state index contributed by atoms with van der Waals surface area (Å²) in [6.45, 7) is 0. The van der Waals surface area contributed by atoms with E-state index in [9.17, 15) is 19.3 Å². The Labute approximate surface area is 212 Å². The summed E-state index contributed by atoms with van der Waals surface area (Å²) >= 11 is 0. The Balaban J connectivity index is 1.83. The Morgan fingerprint density at radius 1 is 0.892 bits per heavy atom. The molecule has 10 heteroatoms. The Bertz CT molecular complexity index is 1330. The molecule has 0 fully saturated rings. The smallest absolute Gasteiger partial charge is 0.269 e. The molecule has 37 heavy (non-hydrogen) atoms. The van der Waals surface area contributed by atoms with Crippen LogP contribution in [0.2, 0.25) is 0 Å². The molecule has 0 heterocycles. The van der Waals surface area contributed by atoms with Gasteiger partial charge < -0.3 is 18.9 Å². The number of methoxy groups -OCH3 is 4. The van der Waals surface area contributed by atoms with Crippen LogP contribution in [-0.4, -0.2) is 45.4 Å². The average Bonchev–Trinajstić information content (AvgIpc) is 2.91. The molecule has 0 amide bonds. The number of ketones is 1. The van der Waals surface area contributed by atoms with Crippen LogP contribution in [0.25, 0.3) is 12.2 Å². The summed E-state index contributed by atoms with van der Waals surface area (Å²) in [7, 11) is 5.86. The van der Waals surface area contributed by atoms with Crippen molar-refractivity contribution in [3.05, 3.63) is 81.2 Å². The van der Waals surface area contributed by atoms with Gasteiger partial charge in [-0.2, -0.15) is 0 Å². The van der Waals surface area contributed by atoms with E-state index in [-0.39, 0.29) is 29.3 Å². The van der Waals surface area contributed by atoms with Gasteiger partial charge in [0.15, 0.2) is 28.8 Å². The molecule has 0 aliphatic carbocycles. The Hall–Kier alpha value is -4.73. The number of nitro benzene ring substituents is 1. The fraction of sp³-hybridized carbons (Fsp3) is 0.185. The predicted octanol–water partition coefficient (Wildman–Crippen LogP) is 5.91. The minimum absolute atomic E-state index is 0.0658. The van der Waals surface area contributed by atoms with Gasteiger partial charge in [0.1, 0.15) is 5.69 Å². The van der Waals surface area contributed by atoms with Gasteiger partial charge in [0.05, 0.1) is 33.4 Å². The summed E-state index contributed by atoms with van der Waals surface area (Å²) in [5.41, 5.74) is 1.62. The maximum Gasteiger partial charge on any atom is 0.269 e. The average molecular weight is 509 g/mol. The number of halogens is 1. The lowest BCUT2D eigenvalue weighted by Gasteiger charge is -2.13. The zero-order valence-electron chi connectivity index (χ0n) is 20.7. The Morgan fingerprint density at radius 2 is 1.46 bits per heavy atom. The fourth-order valence-electron chi connectivity index (χ4n) is 3.50. The summed E-state index contributed by atoms with van der Waals surface area (Å²) < 4.78 is 35.9. The summed E-state index contributed by atoms with van der Waals surface area (Å²) in [5, 5.41) is 10.8. The van der Waals surface area contributed by atoms with Crippen LogP contribution in [0.5, 0.6) is 23.0 Å². The van der Waals surface area contributed by atoms with Gasteiger partial charge in [0.2, 0.25) is 5.75 Å². The van der Waals surface area contributed by atoms with E-state index < -0.39 is 10.7 Å². The first-order valence-corrected chi connectivity index (χ1v) is 11.0. The highest BCUT2D eigenvalue weighted by atomic mass is 19.1. The van der Waals surface area contributed by atoms with Crippen molar-refractivity contribution in [2.75, 3.05) is 28.4 Å². The molecule has 3 rings (SSSR count). The molecule has 0 aromatic heterocycles. The number of nitro groups is 1. The molecule has 0 saturated carbocycles. The van der Waals surface area contributed by atoms with Gasteiger partial charge in [0, 0.05) is 30.3 Å². The SMILES string of the molecule is COc1cc(/C=C\c2cc(F)c(OC)c(N=CCC(=O)c3ccc([N+](=O)[O-])cc3)c2)cc(OC)c1OC. The molecular weight excluding hydrogens is 483 g/mol. The van der Waals surface area contributed by atoms with Gasteiger partial charge >= 0.3 is 0 Å². The largest absolute Gasteiger partial charge is 0.493 e. The Morgan fingerprint density at radius 3 is 1.97 bits per heavy atom. The van der Waals surface area contributed by atoms with Crippen molar-refractivity contribution in [2.45, 2.75) is 6.42 Å². The zero-order valence-corrected chi connectivity index (χ0v) is 20.7. The number of ether oxygens (including phenoxy) is 4. The van der Waals surface area contributed by atoms with Crippen LogP contribution in [-0.2, 0) is 0 Å². The van der Waals surface area contributed by atoms with Crippen molar-refractivity contribution >= 4 is 35.5 Å². The number of benzene rings is 3. The number of rotatable bonds is 11. The van der Waals surface area contributed by atoms with Crippen molar-refractivity contribution in [2.24, 2.45) is 4.99 Å². The molecule has 3 aromatic carbocycles. The molecule has 0 spiro atoms. The monoisotopic (exact) mass is 508 g/mol. The van der Waals surface area contributed by atoms with Gasteiger partial charge in [-0.1, -0.05) is 12.2 Å². The van der Waals surface area contributed by atoms with E-state index in [1.165, 1.54) is 65.0 Å². The second-order valence-corrected chi connectivity index (χ2v) is 7.59. The topological polar surface area (TPSA) is 109 Å². The summed E-state index contributed by atoms with van der Waals surface area (Å²) in [5.74, 6) is 0.428. The third-order valence-electron chi connectivity index (χ3n) is 5.31. The van der Waals surface area contributed by atoms with E-state index in [0.717, 1.165) is 5.56 Å². The molecule has 0 aliphatic heterocycles. The standard InChI is InChI=1S/C27H25FN2O7/c1-34-24-15-18(16-25(35-2)27(24)37-4)6-5-17-13-21(28)26(36-3)22(14-17)29-12-11-23(31)19-7-9-20(10-8-19)30(32)33/h5-10,12-16H,11H2,1-4H3/b6-5-,29-12?. The number of non-ortho nitro benzene ring substituents is 1. The normalized spacial score (nSPS) is 11.1. The van der Waals surface area contributed by atoms with Crippen LogP contribution >= 0.6 is 0 Å². The third-order valence-corrected chi connectivity index (χ3v) is 5.31. The van der Waals surface area contributed by atoms with Crippen LogP contribution in [0, 0.1) is 15.9 Å². The maximum atomic E-state index is 14.7. The highest BCUT2D eigenvalue weighted by Gasteiger charge is 2.14. The van der Waals surface area contributed by atoms with Crippen LogP contribution in [0.3, 0.4) is 0 Å². The maximum absolute atomic E-state index is 14.7. The van der Waals surface area contributed by atoms with Gasteiger partial charge in [-0.25, -0.2) is 4.39 Å². The van der Waals surface area contributed by atoms with Gasteiger partial charge in [-0.3, -0.25) is 19.9 Å². The van der Waals surface area contributed by atoms with E-state index in [1.807, 2.05) is 0 Å². The molecule has 192 valence electrons. The molecule has 0 aliphatic rings. The minimum Gasteiger partial charge on any atom is -0.493 e. The van der Waals surface area contributed by atoms with Gasteiger partial charge in [-0.05, 0) is 47.5 Å². The minimum atomic E-state index is -0.622. The van der Waals surface area contributed by atoms with E-state index >= 15 is 0 Å². The first-order valence-electron chi connectivity index (χ1n) is 11.0. The summed E-state index contributed by atoms with van der Waals surface area (Å²) in [4.78, 5) is 26.9. The number of nitrogens with zero attached hydrogens (tertiary/aromatic N) is 2. The predicted molar refractivity (Wildman–Crippen MR) is 138 cm³/mol. The first kappa shape index (κ1) is 26.9. The van der Waals surface area contributed by atoms with Crippen molar-refractivity contribution in [3.8, 4) is 23.0 Å². The Kier molecular flexibility index (Phi) is 8.93. The quantitative estimate of drug-likeness (QED) is 0.104. The molecule has 0 bridgehead atoms. The van der Waals surface area contributed by atoms with E-state index in [0.29, 0.717) is 28.4 Å². The molecule has 0 radical (unpaired) electrons. The number of hydrogen-bond acceptors (Lipinski definition) is 8. The van der Waals surface area contributed by atoms with Crippen LogP contribution in [0.1, 0.15) is 27.9 Å². The van der Waals surface area contributed by atoms with E-state index in [4.69, 9.17) is 18.9 Å². The first-order chi connectivity index (χ1) is 17.8. The third kappa shape index (κ3) is 6.49. The number of Topliss-reactive ketones (excluding diaryl/α,β-unsaturated/α-hetero) is 1. The van der Waals surface area contributed by atoms with E-state index in [2.05, 4.69) is 4.99 Å². The molecule has 0 saturated heterocycles. The number of carbonyl (C=O) groups is 1. The highest BCUT2D eigenvalue weighted by molar-refractivity contribution is 6.04. The summed E-state index contributed by atoms with van der Waals surface area (Å²) in [6.07, 6.45) is 4.68.